The van der Waals surface area contributed by atoms with Gasteiger partial charge in [-0.15, -0.1) is 0 Å². The molecule has 4 aliphatic rings. The van der Waals surface area contributed by atoms with Crippen LogP contribution < -0.4 is 10.6 Å². The van der Waals surface area contributed by atoms with Crippen LogP contribution in [0.4, 0.5) is 0 Å². The molecule has 0 radical (unpaired) electrons. The molecule has 0 aromatic carbocycles. The van der Waals surface area contributed by atoms with E-state index in [-0.39, 0.29) is 42.1 Å². The normalized spacial score (nSPS) is 26.5. The van der Waals surface area contributed by atoms with Crippen molar-refractivity contribution in [3.05, 3.63) is 34.9 Å². The van der Waals surface area contributed by atoms with Gasteiger partial charge in [-0.1, -0.05) is 6.92 Å². The zero-order valence-corrected chi connectivity index (χ0v) is 24.8. The fourth-order valence-corrected chi connectivity index (χ4v) is 7.43. The number of aromatic nitrogens is 7. The SMILES string of the molecule is CC(C)n1ncnc1C(=O)NCc1nc2nc(C3CCOCC3)c(C[C@H]3C[C@H](C)CNC3=O)nn2c1C1C[C@H]2C[C@@H]2C1. The smallest absolute Gasteiger partial charge is 0.289 e. The first-order chi connectivity index (χ1) is 20.4. The summed E-state index contributed by atoms with van der Waals surface area (Å²) >= 11 is 0. The molecule has 2 amide bonds. The van der Waals surface area contributed by atoms with Crippen molar-refractivity contribution in [1.29, 1.82) is 0 Å². The highest BCUT2D eigenvalue weighted by Crippen LogP contribution is 2.57. The minimum absolute atomic E-state index is 0.0221. The third-order valence-corrected chi connectivity index (χ3v) is 9.73. The molecule has 12 heteroatoms. The molecular weight excluding hydrogens is 534 g/mol. The number of nitrogens with zero attached hydrogens (tertiary/aromatic N) is 7. The molecule has 5 heterocycles. The first kappa shape index (κ1) is 27.4. The Kier molecular flexibility index (Phi) is 7.19. The average molecular weight is 576 g/mol. The van der Waals surface area contributed by atoms with Crippen LogP contribution in [-0.2, 0) is 22.5 Å². The van der Waals surface area contributed by atoms with E-state index in [2.05, 4.69) is 27.6 Å². The maximum Gasteiger partial charge on any atom is 0.289 e. The zero-order valence-electron chi connectivity index (χ0n) is 24.8. The number of nitrogens with one attached hydrogen (secondary N) is 2. The van der Waals surface area contributed by atoms with Crippen molar-refractivity contribution in [2.75, 3.05) is 19.8 Å². The number of amides is 2. The van der Waals surface area contributed by atoms with E-state index in [1.807, 2.05) is 18.4 Å². The topological polar surface area (TPSA) is 141 Å². The fraction of sp³-hybridized carbons (Fsp3) is 0.700. The Labute approximate surface area is 245 Å². The molecule has 3 aromatic heterocycles. The van der Waals surface area contributed by atoms with Crippen LogP contribution in [0.5, 0.6) is 0 Å². The van der Waals surface area contributed by atoms with Gasteiger partial charge >= 0.3 is 0 Å². The van der Waals surface area contributed by atoms with E-state index in [9.17, 15) is 9.59 Å². The van der Waals surface area contributed by atoms with Gasteiger partial charge < -0.3 is 15.4 Å². The highest BCUT2D eigenvalue weighted by Gasteiger charge is 2.48. The summed E-state index contributed by atoms with van der Waals surface area (Å²) in [4.78, 5) is 40.4. The van der Waals surface area contributed by atoms with Crippen molar-refractivity contribution in [1.82, 2.24) is 45.0 Å². The molecule has 12 nitrogen and oxygen atoms in total. The van der Waals surface area contributed by atoms with E-state index >= 15 is 0 Å². The number of ether oxygens (including phenoxy) is 1. The number of fused-ring (bicyclic) bond motifs is 2. The number of piperidine rings is 1. The van der Waals surface area contributed by atoms with Gasteiger partial charge in [0.25, 0.3) is 11.7 Å². The molecule has 2 aliphatic carbocycles. The van der Waals surface area contributed by atoms with Crippen molar-refractivity contribution in [3.63, 3.8) is 0 Å². The monoisotopic (exact) mass is 575 g/mol. The van der Waals surface area contributed by atoms with Crippen LogP contribution in [0.15, 0.2) is 6.33 Å². The molecule has 3 aromatic rings. The van der Waals surface area contributed by atoms with Gasteiger partial charge in [0.1, 0.15) is 6.33 Å². The minimum atomic E-state index is -0.277. The number of hydrogen-bond acceptors (Lipinski definition) is 8. The Bertz CT molecular complexity index is 1480. The third kappa shape index (κ3) is 5.18. The molecule has 0 bridgehead atoms. The van der Waals surface area contributed by atoms with Gasteiger partial charge in [0.05, 0.1) is 29.3 Å². The van der Waals surface area contributed by atoms with Gasteiger partial charge in [-0.25, -0.2) is 24.1 Å². The van der Waals surface area contributed by atoms with Crippen molar-refractivity contribution in [2.45, 2.75) is 90.1 Å². The summed E-state index contributed by atoms with van der Waals surface area (Å²) in [6.45, 7) is 8.51. The van der Waals surface area contributed by atoms with Crippen LogP contribution >= 0.6 is 0 Å². The summed E-state index contributed by atoms with van der Waals surface area (Å²) in [7, 11) is 0. The van der Waals surface area contributed by atoms with Gasteiger partial charge in [-0.05, 0) is 70.1 Å². The molecule has 4 fully saturated rings. The Hall–Kier alpha value is -3.41. The Balaban J connectivity index is 1.26. The number of carbonyl (C=O) groups is 2. The third-order valence-electron chi connectivity index (χ3n) is 9.73. The number of carbonyl (C=O) groups excluding carboxylic acids is 2. The van der Waals surface area contributed by atoms with Crippen molar-refractivity contribution in [3.8, 4) is 0 Å². The van der Waals surface area contributed by atoms with E-state index in [1.54, 1.807) is 4.68 Å². The summed E-state index contributed by atoms with van der Waals surface area (Å²) in [6, 6.07) is 0.0221. The maximum absolute atomic E-state index is 13.2. The van der Waals surface area contributed by atoms with Crippen LogP contribution in [0.25, 0.3) is 5.78 Å². The lowest BCUT2D eigenvalue weighted by Crippen LogP contribution is -2.41. The van der Waals surface area contributed by atoms with Gasteiger partial charge in [-0.3, -0.25) is 9.59 Å². The largest absolute Gasteiger partial charge is 0.381 e. The van der Waals surface area contributed by atoms with Crippen LogP contribution in [0.2, 0.25) is 0 Å². The highest BCUT2D eigenvalue weighted by molar-refractivity contribution is 5.90. The summed E-state index contributed by atoms with van der Waals surface area (Å²) in [5, 5.41) is 15.6. The molecule has 4 atom stereocenters. The summed E-state index contributed by atoms with van der Waals surface area (Å²) in [5.41, 5.74) is 3.70. The predicted octanol–water partition coefficient (Wildman–Crippen LogP) is 2.95. The van der Waals surface area contributed by atoms with E-state index in [0.717, 1.165) is 73.3 Å². The zero-order chi connectivity index (χ0) is 29.0. The molecule has 42 heavy (non-hydrogen) atoms. The van der Waals surface area contributed by atoms with Gasteiger partial charge in [0, 0.05) is 50.0 Å². The van der Waals surface area contributed by atoms with Crippen molar-refractivity contribution < 1.29 is 14.3 Å². The molecule has 224 valence electrons. The average Bonchev–Trinajstić information content (AvgIpc) is 3.34. The van der Waals surface area contributed by atoms with Crippen molar-refractivity contribution in [2.24, 2.45) is 23.7 Å². The number of hydrogen-bond donors (Lipinski definition) is 2. The van der Waals surface area contributed by atoms with E-state index in [1.165, 1.54) is 12.7 Å². The second kappa shape index (κ2) is 11.0. The lowest BCUT2D eigenvalue weighted by Gasteiger charge is -2.28. The minimum Gasteiger partial charge on any atom is -0.381 e. The lowest BCUT2D eigenvalue weighted by atomic mass is 9.85. The lowest BCUT2D eigenvalue weighted by molar-refractivity contribution is -0.127. The first-order valence-corrected chi connectivity index (χ1v) is 15.7. The van der Waals surface area contributed by atoms with Crippen LogP contribution in [0.3, 0.4) is 0 Å². The molecule has 0 spiro atoms. The van der Waals surface area contributed by atoms with E-state index in [0.29, 0.717) is 37.2 Å². The Morgan fingerprint density at radius 2 is 1.88 bits per heavy atom. The molecule has 0 unspecified atom stereocenters. The quantitative estimate of drug-likeness (QED) is 0.418. The molecule has 7 rings (SSSR count). The Morgan fingerprint density at radius 1 is 1.10 bits per heavy atom. The van der Waals surface area contributed by atoms with Crippen molar-refractivity contribution >= 4 is 17.6 Å². The highest BCUT2D eigenvalue weighted by atomic mass is 16.5. The maximum atomic E-state index is 13.2. The second-order valence-corrected chi connectivity index (χ2v) is 13.2. The van der Waals surface area contributed by atoms with Crippen LogP contribution in [-0.4, -0.2) is 65.9 Å². The van der Waals surface area contributed by atoms with Gasteiger partial charge in [0.15, 0.2) is 0 Å². The summed E-state index contributed by atoms with van der Waals surface area (Å²) in [6.07, 6.45) is 8.12. The molecule has 2 saturated carbocycles. The number of imidazole rings is 1. The van der Waals surface area contributed by atoms with E-state index in [4.69, 9.17) is 19.8 Å². The molecule has 2 N–H and O–H groups in total. The summed E-state index contributed by atoms with van der Waals surface area (Å²) in [5.74, 6) is 3.09. The second-order valence-electron chi connectivity index (χ2n) is 13.2. The Morgan fingerprint density at radius 3 is 2.64 bits per heavy atom. The predicted molar refractivity (Wildman–Crippen MR) is 153 cm³/mol. The van der Waals surface area contributed by atoms with Gasteiger partial charge in [0.2, 0.25) is 11.7 Å². The first-order valence-electron chi connectivity index (χ1n) is 15.7. The molecular formula is C30H41N9O3. The van der Waals surface area contributed by atoms with E-state index < -0.39 is 0 Å². The summed E-state index contributed by atoms with van der Waals surface area (Å²) < 4.78 is 9.23. The number of rotatable bonds is 8. The molecule has 2 saturated heterocycles. The standard InChI is InChI=1S/C30H41N9O3/c1-16(2)38-27(33-15-34-38)29(41)32-14-24-26(21-10-19-9-20(19)11-21)39-30(35-24)36-25(18-4-6-42-7-5-18)23(37-39)12-22-8-17(3)13-31-28(22)40/h15-22H,4-14H2,1-3H3,(H,31,40)(H,32,41)/t17-,19+,20+,22+/m0/s1. The molecule has 2 aliphatic heterocycles. The van der Waals surface area contributed by atoms with Crippen LogP contribution in [0.1, 0.15) is 111 Å². The van der Waals surface area contributed by atoms with Crippen LogP contribution in [0, 0.1) is 23.7 Å². The fourth-order valence-electron chi connectivity index (χ4n) is 7.43. The van der Waals surface area contributed by atoms with Gasteiger partial charge in [-0.2, -0.15) is 10.2 Å².